The molecule has 0 unspecified atom stereocenters. The summed E-state index contributed by atoms with van der Waals surface area (Å²) in [7, 11) is -4.01. The maximum atomic E-state index is 13.0. The maximum Gasteiger partial charge on any atom is 1.00 e. The van der Waals surface area contributed by atoms with Gasteiger partial charge < -0.3 is 88.8 Å². The molecule has 7 rings (SSSR count). The van der Waals surface area contributed by atoms with Crippen molar-refractivity contribution >= 4 is 10.4 Å². The van der Waals surface area contributed by atoms with Crippen LogP contribution < -0.4 is 29.6 Å². The van der Waals surface area contributed by atoms with Gasteiger partial charge in [0.05, 0.1) is 55.9 Å². The van der Waals surface area contributed by atoms with Gasteiger partial charge in [0.2, 0.25) is 10.4 Å². The third kappa shape index (κ3) is 10.2. The molecule has 3 aliphatic heterocycles. The summed E-state index contributed by atoms with van der Waals surface area (Å²) in [6, 6.07) is 0. The Bertz CT molecular complexity index is 1720. The molecule has 378 valence electrons. The Kier molecular flexibility index (Phi) is 17.9. The summed E-state index contributed by atoms with van der Waals surface area (Å²) in [6.07, 6.45) is -17.9. The van der Waals surface area contributed by atoms with Crippen LogP contribution >= 0.6 is 0 Å². The van der Waals surface area contributed by atoms with Gasteiger partial charge in [-0.3, -0.25) is 4.18 Å². The van der Waals surface area contributed by atoms with Crippen molar-refractivity contribution < 1.29 is 131 Å². The fourth-order valence-corrected chi connectivity index (χ4v) is 14.3. The molecular weight excluding hydrogens is 908 g/mol. The second kappa shape index (κ2) is 21.3. The van der Waals surface area contributed by atoms with Gasteiger partial charge in [-0.25, -0.2) is 8.42 Å². The van der Waals surface area contributed by atoms with Crippen molar-refractivity contribution in [1.82, 2.24) is 0 Å². The third-order valence-corrected chi connectivity index (χ3v) is 17.4. The van der Waals surface area contributed by atoms with E-state index in [1.165, 1.54) is 7.11 Å². The number of rotatable bonds is 16. The summed E-state index contributed by atoms with van der Waals surface area (Å²) in [5.74, 6) is -1.90. The first kappa shape index (κ1) is 55.5. The molecule has 3 heterocycles. The molecule has 0 aromatic rings. The number of aliphatic hydroxyl groups excluding tert-OH is 9. The second-order valence-electron chi connectivity index (χ2n) is 20.9. The maximum absolute atomic E-state index is 13.0. The molecule has 3 saturated heterocycles. The largest absolute Gasteiger partial charge is 1.00 e. The number of fused-ring (bicyclic) bond motifs is 5. The number of hydrogen-bond donors (Lipinski definition) is 10. The second-order valence-corrected chi connectivity index (χ2v) is 21.9. The Hall–Kier alpha value is 0.190. The number of hydrogen-bond acceptors (Lipinski definition) is 21. The molecule has 0 bridgehead atoms. The average Bonchev–Trinajstić information content (AvgIpc) is 3.80. The summed E-state index contributed by atoms with van der Waals surface area (Å²) < 4.78 is 81.0. The van der Waals surface area contributed by atoms with Crippen LogP contribution in [0.4, 0.5) is 0 Å². The summed E-state index contributed by atoms with van der Waals surface area (Å²) in [5, 5.41) is 110. The van der Waals surface area contributed by atoms with Gasteiger partial charge >= 0.3 is 29.6 Å². The van der Waals surface area contributed by atoms with Crippen LogP contribution in [0.2, 0.25) is 0 Å². The quantitative estimate of drug-likeness (QED) is 0.0300. The first-order valence-corrected chi connectivity index (χ1v) is 24.5. The van der Waals surface area contributed by atoms with Crippen LogP contribution in [0.1, 0.15) is 86.0 Å². The Balaban J connectivity index is 0.00000720. The molecule has 0 amide bonds. The van der Waals surface area contributed by atoms with Crippen molar-refractivity contribution in [2.24, 2.45) is 46.3 Å². The van der Waals surface area contributed by atoms with E-state index in [4.69, 9.17) is 37.3 Å². The third-order valence-electron chi connectivity index (χ3n) is 16.9. The van der Waals surface area contributed by atoms with Crippen LogP contribution in [0.5, 0.6) is 0 Å². The van der Waals surface area contributed by atoms with E-state index in [9.17, 15) is 64.0 Å². The van der Waals surface area contributed by atoms with Crippen LogP contribution in [-0.2, 0) is 47.7 Å². The minimum absolute atomic E-state index is 0. The van der Waals surface area contributed by atoms with Crippen molar-refractivity contribution in [3.05, 3.63) is 0 Å². The van der Waals surface area contributed by atoms with Gasteiger partial charge in [0.1, 0.15) is 54.9 Å². The zero-order valence-corrected chi connectivity index (χ0v) is 41.7. The fraction of sp³-hybridized carbons (Fsp3) is 1.00. The average molecular weight is 981 g/mol. The minimum atomic E-state index is -5.38. The van der Waals surface area contributed by atoms with E-state index in [0.717, 1.165) is 0 Å². The zero-order chi connectivity index (χ0) is 47.7. The summed E-state index contributed by atoms with van der Waals surface area (Å²) >= 11 is 0. The smallest absolute Gasteiger partial charge is 0.726 e. The van der Waals surface area contributed by atoms with E-state index in [2.05, 4.69) is 13.8 Å². The summed E-state index contributed by atoms with van der Waals surface area (Å²) in [4.78, 5) is 0. The van der Waals surface area contributed by atoms with Crippen molar-refractivity contribution in [1.29, 1.82) is 0 Å². The molecule has 7 aliphatic rings. The molecule has 25 atom stereocenters. The van der Waals surface area contributed by atoms with Crippen molar-refractivity contribution in [2.75, 3.05) is 26.9 Å². The Morgan fingerprint density at radius 1 is 0.758 bits per heavy atom. The summed E-state index contributed by atoms with van der Waals surface area (Å²) in [6.45, 7) is 8.32. The van der Waals surface area contributed by atoms with Gasteiger partial charge in [0, 0.05) is 25.4 Å². The minimum Gasteiger partial charge on any atom is -0.726 e. The predicted octanol–water partition coefficient (Wildman–Crippen LogP) is -5.00. The molecule has 4 aliphatic carbocycles. The van der Waals surface area contributed by atoms with Crippen LogP contribution in [-0.4, -0.2) is 201 Å². The molecule has 21 nitrogen and oxygen atoms in total. The standard InChI is InChI=1S/C43H74O21S.Na/c1-18(2)24(59-40-36(34(27(16-45)62-40)64-65(54,55)56)63-38-33(52)32(51)26(15-44)61-38)8-7-19(3)20-13-21(46)37-41(20,4)12-10-28-42(5)11-9-25(31(50)29(42)22(47)14-43(28,37)53)60-39-35(57-6)30(49)23(48)17-58-39;/h18-40,44-53H,7-17H2,1-6H3,(H,54,55,56);/q;+1/p-1/t19-,20-,21+,22-,23-,24+,25+,26+,27+,28-,29+,30+,31+,32+,33-,34+,35-,36-,37-,38+,39+,40-,41-,42-,43+;/m1./s1. The molecular formula is C43H73NaO21S. The number of ether oxygens (including phenoxy) is 7. The van der Waals surface area contributed by atoms with Crippen LogP contribution in [0, 0.1) is 46.3 Å². The van der Waals surface area contributed by atoms with E-state index in [0.29, 0.717) is 44.9 Å². The SMILES string of the molecule is CO[C@H]1[C@H](O[C@H]2CC[C@@]3(C)[C@H]([C@H]2O)[C@H](O)C[C@]2(O)[C@@H]3CC[C@]3(C)[C@@H]([C@H](C)CC[C@H](O[C@@H]4O[C@@H](CO)[C@H](OS(=O)(=O)[O-])[C@H]4O[C@@H]4O[C@@H](CO)[C@H](O)[C@H]4O)C(C)C)C[C@H](O)[C@H]32)OC[C@@H](O)[C@@H]1O.[Na+]. The molecule has 10 N–H and O–H groups in total. The molecule has 4 saturated carbocycles. The molecule has 23 heteroatoms. The Morgan fingerprint density at radius 3 is 2.02 bits per heavy atom. The Morgan fingerprint density at radius 2 is 1.41 bits per heavy atom. The van der Waals surface area contributed by atoms with Crippen LogP contribution in [0.3, 0.4) is 0 Å². The van der Waals surface area contributed by atoms with Gasteiger partial charge in [-0.15, -0.1) is 0 Å². The van der Waals surface area contributed by atoms with Gasteiger partial charge in [-0.2, -0.15) is 0 Å². The van der Waals surface area contributed by atoms with Crippen LogP contribution in [0.25, 0.3) is 0 Å². The number of methoxy groups -OCH3 is 1. The normalized spacial score (nSPS) is 50.3. The van der Waals surface area contributed by atoms with Crippen molar-refractivity contribution in [2.45, 2.75) is 196 Å². The zero-order valence-electron chi connectivity index (χ0n) is 38.9. The first-order valence-electron chi connectivity index (χ1n) is 23.2. The molecule has 0 aromatic carbocycles. The molecule has 0 spiro atoms. The molecule has 0 radical (unpaired) electrons. The van der Waals surface area contributed by atoms with Gasteiger partial charge in [0.15, 0.2) is 18.9 Å². The molecule has 66 heavy (non-hydrogen) atoms. The number of aliphatic hydroxyl groups is 10. The molecule has 0 aromatic heterocycles. The van der Waals surface area contributed by atoms with Crippen molar-refractivity contribution in [3.8, 4) is 0 Å². The molecule has 7 fully saturated rings. The van der Waals surface area contributed by atoms with Crippen molar-refractivity contribution in [3.63, 3.8) is 0 Å². The first-order chi connectivity index (χ1) is 30.4. The van der Waals surface area contributed by atoms with Gasteiger partial charge in [-0.1, -0.05) is 34.6 Å². The van der Waals surface area contributed by atoms with E-state index in [-0.39, 0.29) is 66.3 Å². The summed E-state index contributed by atoms with van der Waals surface area (Å²) in [5.41, 5.74) is -2.74. The monoisotopic (exact) mass is 980 g/mol. The van der Waals surface area contributed by atoms with E-state index in [1.807, 2.05) is 20.8 Å². The van der Waals surface area contributed by atoms with E-state index < -0.39 is 156 Å². The van der Waals surface area contributed by atoms with Gasteiger partial charge in [-0.05, 0) is 79.4 Å². The van der Waals surface area contributed by atoms with E-state index in [1.54, 1.807) is 0 Å². The van der Waals surface area contributed by atoms with E-state index >= 15 is 0 Å². The Labute approximate surface area is 408 Å². The fourth-order valence-electron chi connectivity index (χ4n) is 13.8. The van der Waals surface area contributed by atoms with Crippen LogP contribution in [0.15, 0.2) is 0 Å². The van der Waals surface area contributed by atoms with Gasteiger partial charge in [0.25, 0.3) is 0 Å². The predicted molar refractivity (Wildman–Crippen MR) is 219 cm³/mol. The topological polar surface area (TPSA) is 333 Å².